The number of hydrogen-bond donors (Lipinski definition) is 1. The maximum absolute atomic E-state index is 11.9. The second-order valence-corrected chi connectivity index (χ2v) is 5.11. The highest BCUT2D eigenvalue weighted by Crippen LogP contribution is 2.42. The topological polar surface area (TPSA) is 76.1 Å². The Balaban J connectivity index is 1.99. The highest BCUT2D eigenvalue weighted by Gasteiger charge is 2.47. The molecule has 1 aliphatic carbocycles. The molecule has 1 saturated heterocycles. The second-order valence-electron chi connectivity index (χ2n) is 5.11. The lowest BCUT2D eigenvalue weighted by Gasteiger charge is -2.36. The van der Waals surface area contributed by atoms with Crippen LogP contribution in [-0.4, -0.2) is 36.4 Å². The van der Waals surface area contributed by atoms with Crippen molar-refractivity contribution in [3.63, 3.8) is 0 Å². The van der Waals surface area contributed by atoms with Crippen LogP contribution in [0.2, 0.25) is 0 Å². The first-order valence-electron chi connectivity index (χ1n) is 6.05. The number of hydrogen-bond acceptors (Lipinski definition) is 4. The van der Waals surface area contributed by atoms with Gasteiger partial charge < -0.3 is 14.6 Å². The van der Waals surface area contributed by atoms with Crippen molar-refractivity contribution in [1.82, 2.24) is 0 Å². The van der Waals surface area contributed by atoms with Gasteiger partial charge in [0.1, 0.15) is 12.7 Å². The van der Waals surface area contributed by atoms with Gasteiger partial charge in [-0.05, 0) is 19.8 Å². The molecule has 3 atom stereocenters. The molecule has 2 aliphatic rings. The Hall–Kier alpha value is -1.10. The molecule has 2 fully saturated rings. The number of rotatable bonds is 4. The van der Waals surface area contributed by atoms with E-state index in [1.165, 1.54) is 0 Å². The third-order valence-electron chi connectivity index (χ3n) is 3.79. The predicted molar refractivity (Wildman–Crippen MR) is 58.4 cm³/mol. The van der Waals surface area contributed by atoms with Gasteiger partial charge >= 0.3 is 11.9 Å². The summed E-state index contributed by atoms with van der Waals surface area (Å²) in [7, 11) is 0. The van der Waals surface area contributed by atoms with Crippen LogP contribution in [0, 0.1) is 11.3 Å². The van der Waals surface area contributed by atoms with Crippen molar-refractivity contribution >= 4 is 11.9 Å². The normalized spacial score (nSPS) is 36.3. The summed E-state index contributed by atoms with van der Waals surface area (Å²) in [6.07, 6.45) is 2.93. The minimum atomic E-state index is -0.972. The van der Waals surface area contributed by atoms with Gasteiger partial charge in [0.15, 0.2) is 0 Å². The highest BCUT2D eigenvalue weighted by molar-refractivity contribution is 5.84. The molecule has 96 valence electrons. The monoisotopic (exact) mass is 242 g/mol. The van der Waals surface area contributed by atoms with Gasteiger partial charge in [0.25, 0.3) is 0 Å². The SMILES string of the molecule is CC1(C(=O)O)CCCCC1C(=O)OCC1CO1. The molecule has 5 nitrogen and oxygen atoms in total. The van der Waals surface area contributed by atoms with Gasteiger partial charge in [-0.25, -0.2) is 0 Å². The third-order valence-corrected chi connectivity index (χ3v) is 3.79. The van der Waals surface area contributed by atoms with E-state index in [-0.39, 0.29) is 18.7 Å². The summed E-state index contributed by atoms with van der Waals surface area (Å²) < 4.78 is 10.1. The number of ether oxygens (including phenoxy) is 2. The second kappa shape index (κ2) is 4.64. The molecule has 0 bridgehead atoms. The number of carbonyl (C=O) groups excluding carboxylic acids is 1. The maximum Gasteiger partial charge on any atom is 0.310 e. The van der Waals surface area contributed by atoms with Gasteiger partial charge in [0, 0.05) is 0 Å². The van der Waals surface area contributed by atoms with E-state index in [4.69, 9.17) is 9.47 Å². The van der Waals surface area contributed by atoms with Crippen molar-refractivity contribution in [2.45, 2.75) is 38.7 Å². The van der Waals surface area contributed by atoms with E-state index in [1.54, 1.807) is 6.92 Å². The molecular formula is C12H18O5. The summed E-state index contributed by atoms with van der Waals surface area (Å²) in [5.74, 6) is -1.81. The molecule has 17 heavy (non-hydrogen) atoms. The summed E-state index contributed by atoms with van der Waals surface area (Å²) in [6.45, 7) is 2.53. The number of carboxylic acids is 1. The minimum absolute atomic E-state index is 0.0265. The predicted octanol–water partition coefficient (Wildman–Crippen LogP) is 1.21. The third kappa shape index (κ3) is 2.60. The van der Waals surface area contributed by atoms with Crippen molar-refractivity contribution in [2.24, 2.45) is 11.3 Å². The molecule has 0 amide bonds. The first-order chi connectivity index (χ1) is 8.04. The van der Waals surface area contributed by atoms with Gasteiger partial charge in [0.2, 0.25) is 0 Å². The molecule has 1 aliphatic heterocycles. The van der Waals surface area contributed by atoms with Crippen LogP contribution in [0.5, 0.6) is 0 Å². The van der Waals surface area contributed by atoms with E-state index < -0.39 is 17.3 Å². The number of esters is 1. The zero-order valence-corrected chi connectivity index (χ0v) is 9.98. The lowest BCUT2D eigenvalue weighted by molar-refractivity contribution is -0.168. The smallest absolute Gasteiger partial charge is 0.310 e. The Morgan fingerprint density at radius 2 is 2.18 bits per heavy atom. The van der Waals surface area contributed by atoms with Gasteiger partial charge in [-0.15, -0.1) is 0 Å². The molecule has 0 aromatic heterocycles. The van der Waals surface area contributed by atoms with Crippen LogP contribution in [0.25, 0.3) is 0 Å². The molecule has 1 N–H and O–H groups in total. The zero-order valence-electron chi connectivity index (χ0n) is 9.98. The number of aliphatic carboxylic acids is 1. The van der Waals surface area contributed by atoms with Gasteiger partial charge in [0.05, 0.1) is 17.9 Å². The van der Waals surface area contributed by atoms with Crippen molar-refractivity contribution in [2.75, 3.05) is 13.2 Å². The fourth-order valence-corrected chi connectivity index (χ4v) is 2.41. The molecule has 1 heterocycles. The van der Waals surface area contributed by atoms with E-state index in [2.05, 4.69) is 0 Å². The van der Waals surface area contributed by atoms with Crippen LogP contribution in [0.1, 0.15) is 32.6 Å². The van der Waals surface area contributed by atoms with Gasteiger partial charge in [-0.1, -0.05) is 12.8 Å². The fraction of sp³-hybridized carbons (Fsp3) is 0.833. The van der Waals surface area contributed by atoms with Crippen molar-refractivity contribution in [3.8, 4) is 0 Å². The summed E-state index contributed by atoms with van der Waals surface area (Å²) in [5, 5.41) is 9.27. The maximum atomic E-state index is 11.9. The van der Waals surface area contributed by atoms with Crippen LogP contribution < -0.4 is 0 Å². The molecule has 3 unspecified atom stereocenters. The lowest BCUT2D eigenvalue weighted by Crippen LogP contribution is -2.43. The molecule has 0 radical (unpaired) electrons. The Morgan fingerprint density at radius 3 is 2.76 bits per heavy atom. The van der Waals surface area contributed by atoms with E-state index in [0.29, 0.717) is 19.4 Å². The zero-order chi connectivity index (χ0) is 12.5. The summed E-state index contributed by atoms with van der Waals surface area (Å²) in [6, 6.07) is 0. The minimum Gasteiger partial charge on any atom is -0.481 e. The van der Waals surface area contributed by atoms with Crippen molar-refractivity contribution < 1.29 is 24.2 Å². The largest absolute Gasteiger partial charge is 0.481 e. The number of epoxide rings is 1. The first kappa shape index (κ1) is 12.4. The highest BCUT2D eigenvalue weighted by atomic mass is 16.6. The Labute approximate surface area is 100 Å². The van der Waals surface area contributed by atoms with Crippen LogP contribution in [0.15, 0.2) is 0 Å². The van der Waals surface area contributed by atoms with Crippen molar-refractivity contribution in [1.29, 1.82) is 0 Å². The molecule has 2 rings (SSSR count). The van der Waals surface area contributed by atoms with Crippen molar-refractivity contribution in [3.05, 3.63) is 0 Å². The summed E-state index contributed by atoms with van der Waals surface area (Å²) in [5.41, 5.74) is -0.972. The average Bonchev–Trinajstić information content (AvgIpc) is 3.10. The summed E-state index contributed by atoms with van der Waals surface area (Å²) >= 11 is 0. The lowest BCUT2D eigenvalue weighted by atomic mass is 9.67. The van der Waals surface area contributed by atoms with Crippen LogP contribution >= 0.6 is 0 Å². The van der Waals surface area contributed by atoms with Crippen LogP contribution in [0.3, 0.4) is 0 Å². The fourth-order valence-electron chi connectivity index (χ4n) is 2.41. The number of carbonyl (C=O) groups is 2. The summed E-state index contributed by atoms with van der Waals surface area (Å²) in [4.78, 5) is 23.2. The van der Waals surface area contributed by atoms with Crippen LogP contribution in [0.4, 0.5) is 0 Å². The van der Waals surface area contributed by atoms with Gasteiger partial charge in [-0.3, -0.25) is 9.59 Å². The van der Waals surface area contributed by atoms with E-state index >= 15 is 0 Å². The Kier molecular flexibility index (Phi) is 3.38. The first-order valence-corrected chi connectivity index (χ1v) is 6.05. The molecule has 0 aromatic carbocycles. The molecular weight excluding hydrogens is 224 g/mol. The van der Waals surface area contributed by atoms with Gasteiger partial charge in [-0.2, -0.15) is 0 Å². The quantitative estimate of drug-likeness (QED) is 0.592. The molecule has 0 aromatic rings. The molecule has 0 spiro atoms. The van der Waals surface area contributed by atoms with Crippen LogP contribution in [-0.2, 0) is 19.1 Å². The van der Waals surface area contributed by atoms with E-state index in [1.807, 2.05) is 0 Å². The van der Waals surface area contributed by atoms with E-state index in [9.17, 15) is 14.7 Å². The number of carboxylic acid groups (broad SMARTS) is 1. The Bertz CT molecular complexity index is 323. The Morgan fingerprint density at radius 1 is 1.47 bits per heavy atom. The van der Waals surface area contributed by atoms with E-state index in [0.717, 1.165) is 12.8 Å². The standard InChI is InChI=1S/C12H18O5/c1-12(11(14)15)5-3-2-4-9(12)10(13)17-7-8-6-16-8/h8-9H,2-7H2,1H3,(H,14,15). The molecule has 5 heteroatoms. The molecule has 1 saturated carbocycles. The average molecular weight is 242 g/mol.